The summed E-state index contributed by atoms with van der Waals surface area (Å²) in [4.78, 5) is 33.7. The molecule has 1 aromatic rings. The van der Waals surface area contributed by atoms with Gasteiger partial charge in [0.15, 0.2) is 21.3 Å². The van der Waals surface area contributed by atoms with Crippen molar-refractivity contribution < 1.29 is 19.5 Å². The Kier molecular flexibility index (Phi) is 34.8. The molecule has 0 unspecified atom stereocenters. The first kappa shape index (κ1) is 46.0. The first-order valence-electron chi connectivity index (χ1n) is 20.3. The van der Waals surface area contributed by atoms with Crippen molar-refractivity contribution in [3.63, 3.8) is 0 Å². The number of phenols is 1. The van der Waals surface area contributed by atoms with Crippen LogP contribution in [0.5, 0.6) is 5.75 Å². The summed E-state index contributed by atoms with van der Waals surface area (Å²) in [5.41, 5.74) is 0.647. The van der Waals surface area contributed by atoms with Gasteiger partial charge in [-0.05, 0) is 70.3 Å². The van der Waals surface area contributed by atoms with E-state index in [0.717, 1.165) is 51.4 Å². The van der Waals surface area contributed by atoms with Crippen LogP contribution in [0.3, 0.4) is 0 Å². The number of benzene rings is 1. The molecule has 48 heavy (non-hydrogen) atoms. The number of Topliss-reactive ketones (excluding diaryl/α,β-unsaturated/α-hetero) is 2. The predicted molar refractivity (Wildman–Crippen MR) is 212 cm³/mol. The molecule has 276 valence electrons. The molecule has 5 heteroatoms. The fraction of sp³-hybridized carbons (Fsp3) is 0.721. The molecule has 0 heterocycles. The van der Waals surface area contributed by atoms with Crippen LogP contribution in [0.4, 0.5) is 0 Å². The largest absolute Gasteiger partial charge is 0.507 e. The van der Waals surface area contributed by atoms with E-state index in [4.69, 9.17) is 4.80 Å². The minimum absolute atomic E-state index is 0.0172. The maximum Gasteiger partial charge on any atom is 0.167 e. The summed E-state index contributed by atoms with van der Waals surface area (Å²) in [5, 5.41) is 10.5. The van der Waals surface area contributed by atoms with Crippen molar-refractivity contribution in [1.29, 1.82) is 0 Å². The molecule has 1 aromatic carbocycles. The Labute approximate surface area is 299 Å². The molecule has 0 aliphatic heterocycles. The molecule has 0 radical (unpaired) electrons. The summed E-state index contributed by atoms with van der Waals surface area (Å²) in [6.45, 7) is 6.35. The molecule has 2 N–H and O–H groups in total. The Bertz CT molecular complexity index is 939. The molecule has 1 rings (SSSR count). The average molecular weight is 685 g/mol. The van der Waals surface area contributed by atoms with E-state index in [9.17, 15) is 14.7 Å². The Hall–Kier alpha value is -1.98. The molecular formula is C43H76O4Si. The third-order valence-corrected chi connectivity index (χ3v) is 8.95. The molecule has 0 fully saturated rings. The van der Waals surface area contributed by atoms with E-state index in [1.807, 2.05) is 6.55 Å². The zero-order valence-electron chi connectivity index (χ0n) is 31.8. The second kappa shape index (κ2) is 36.3. The number of allylic oxidation sites excluding steroid dienone is 4. The number of rotatable bonds is 32. The van der Waals surface area contributed by atoms with Crippen LogP contribution < -0.4 is 0 Å². The highest BCUT2D eigenvalue weighted by Crippen LogP contribution is 2.26. The van der Waals surface area contributed by atoms with Crippen molar-refractivity contribution in [2.45, 2.75) is 200 Å². The third kappa shape index (κ3) is 27.9. The molecule has 0 saturated heterocycles. The topological polar surface area (TPSA) is 74.6 Å². The van der Waals surface area contributed by atoms with Crippen LogP contribution in [0.1, 0.15) is 214 Å². The summed E-state index contributed by atoms with van der Waals surface area (Å²) in [6, 6.07) is 4.93. The standard InChI is InChI=1S/C42H70O3.CH6OSi/c1-3-5-7-9-11-13-15-17-19-21-23-25-27-29-31-35-39(43)38-34-33-37-41(45)42(38)40(44)36-32-30-28-26-24-22-20-18-16-14-12-10-8-6-4-2;1-3-2/h17-20,33-34,37,45H,3-16,21-32,35-36H2,1-2H3;2H,3H2,1H3/b19-17-,20-18-;. The van der Waals surface area contributed by atoms with E-state index < -0.39 is 9.76 Å². The fourth-order valence-electron chi connectivity index (χ4n) is 6.04. The zero-order valence-corrected chi connectivity index (χ0v) is 33.2. The van der Waals surface area contributed by atoms with Gasteiger partial charge in [0.2, 0.25) is 0 Å². The lowest BCUT2D eigenvalue weighted by molar-refractivity contribution is 0.0943. The van der Waals surface area contributed by atoms with Gasteiger partial charge in [0, 0.05) is 18.4 Å². The maximum absolute atomic E-state index is 13.0. The molecule has 0 aliphatic carbocycles. The number of ketones is 2. The number of phenolic OH excluding ortho intramolecular Hbond substituents is 1. The van der Waals surface area contributed by atoms with Crippen LogP contribution in [0, 0.1) is 0 Å². The fourth-order valence-corrected chi connectivity index (χ4v) is 6.04. The number of hydrogen-bond donors (Lipinski definition) is 2. The maximum atomic E-state index is 13.0. The summed E-state index contributed by atoms with van der Waals surface area (Å²) < 4.78 is 0. The molecular weight excluding hydrogens is 609 g/mol. The van der Waals surface area contributed by atoms with Crippen molar-refractivity contribution in [2.75, 3.05) is 0 Å². The normalized spacial score (nSPS) is 11.6. The predicted octanol–water partition coefficient (Wildman–Crippen LogP) is 12.9. The minimum Gasteiger partial charge on any atom is -0.507 e. The average Bonchev–Trinajstić information content (AvgIpc) is 3.08. The minimum atomic E-state index is -0.583. The van der Waals surface area contributed by atoms with E-state index in [2.05, 4.69) is 38.2 Å². The number of carbonyl (C=O) groups is 2. The van der Waals surface area contributed by atoms with Gasteiger partial charge in [-0.15, -0.1) is 0 Å². The van der Waals surface area contributed by atoms with Crippen molar-refractivity contribution in [3.8, 4) is 5.75 Å². The van der Waals surface area contributed by atoms with Crippen LogP contribution in [0.15, 0.2) is 42.5 Å². The molecule has 0 spiro atoms. The van der Waals surface area contributed by atoms with Crippen LogP contribution in [-0.4, -0.2) is 31.2 Å². The van der Waals surface area contributed by atoms with Crippen LogP contribution in [0.25, 0.3) is 0 Å². The Balaban J connectivity index is 0.00000707. The number of unbranched alkanes of at least 4 members (excludes halogenated alkanes) is 22. The first-order chi connectivity index (χ1) is 23.5. The van der Waals surface area contributed by atoms with Crippen molar-refractivity contribution in [1.82, 2.24) is 0 Å². The van der Waals surface area contributed by atoms with E-state index >= 15 is 0 Å². The molecule has 4 nitrogen and oxygen atoms in total. The Morgan fingerprint density at radius 2 is 0.875 bits per heavy atom. The Morgan fingerprint density at radius 3 is 1.27 bits per heavy atom. The van der Waals surface area contributed by atoms with Gasteiger partial charge in [-0.3, -0.25) is 9.59 Å². The van der Waals surface area contributed by atoms with Crippen molar-refractivity contribution in [2.24, 2.45) is 0 Å². The monoisotopic (exact) mass is 685 g/mol. The summed E-state index contributed by atoms with van der Waals surface area (Å²) in [6.07, 6.45) is 41.9. The molecule has 0 saturated carbocycles. The second-order valence-electron chi connectivity index (χ2n) is 13.5. The van der Waals surface area contributed by atoms with Gasteiger partial charge in [0.05, 0.1) is 5.56 Å². The van der Waals surface area contributed by atoms with Crippen LogP contribution in [0.2, 0.25) is 6.55 Å². The van der Waals surface area contributed by atoms with Gasteiger partial charge in [-0.25, -0.2) is 0 Å². The highest BCUT2D eigenvalue weighted by Gasteiger charge is 2.20. The lowest BCUT2D eigenvalue weighted by atomic mass is 9.93. The third-order valence-electron chi connectivity index (χ3n) is 8.95. The van der Waals surface area contributed by atoms with Crippen molar-refractivity contribution in [3.05, 3.63) is 53.6 Å². The van der Waals surface area contributed by atoms with E-state index in [-0.39, 0.29) is 22.9 Å². The lowest BCUT2D eigenvalue weighted by Crippen LogP contribution is -2.09. The quantitative estimate of drug-likeness (QED) is 0.0343. The SMILES string of the molecule is CCCCCCCC/C=C\CCCCCCCC(=O)c1cccc(O)c1C(=O)CCCCCCC/C=C\CCCCCCCC.C[SiH2]O. The van der Waals surface area contributed by atoms with E-state index in [0.29, 0.717) is 18.4 Å². The van der Waals surface area contributed by atoms with Gasteiger partial charge in [0.1, 0.15) is 5.75 Å². The molecule has 0 aliphatic rings. The van der Waals surface area contributed by atoms with Gasteiger partial charge >= 0.3 is 0 Å². The Morgan fingerprint density at radius 1 is 0.542 bits per heavy atom. The second-order valence-corrected chi connectivity index (χ2v) is 14.2. The van der Waals surface area contributed by atoms with Crippen LogP contribution in [-0.2, 0) is 0 Å². The number of carbonyl (C=O) groups excluding carboxylic acids is 2. The summed E-state index contributed by atoms with van der Waals surface area (Å²) in [5.74, 6) is -0.168. The summed E-state index contributed by atoms with van der Waals surface area (Å²) >= 11 is 0. The summed E-state index contributed by atoms with van der Waals surface area (Å²) in [7, 11) is -0.583. The van der Waals surface area contributed by atoms with E-state index in [1.165, 1.54) is 122 Å². The van der Waals surface area contributed by atoms with E-state index in [1.54, 1.807) is 12.1 Å². The highest BCUT2D eigenvalue weighted by molar-refractivity contribution is 6.22. The van der Waals surface area contributed by atoms with Gasteiger partial charge in [0.25, 0.3) is 0 Å². The number of aromatic hydroxyl groups is 1. The molecule has 0 bridgehead atoms. The van der Waals surface area contributed by atoms with Gasteiger partial charge < -0.3 is 9.90 Å². The smallest absolute Gasteiger partial charge is 0.167 e. The van der Waals surface area contributed by atoms with Crippen molar-refractivity contribution >= 4 is 21.3 Å². The highest BCUT2D eigenvalue weighted by atomic mass is 28.2. The van der Waals surface area contributed by atoms with Gasteiger partial charge in [-0.1, -0.05) is 160 Å². The number of hydrogen-bond acceptors (Lipinski definition) is 4. The first-order valence-corrected chi connectivity index (χ1v) is 22.4. The molecule has 0 amide bonds. The zero-order chi connectivity index (χ0) is 35.3. The van der Waals surface area contributed by atoms with Gasteiger partial charge in [-0.2, -0.15) is 0 Å². The molecule has 0 aromatic heterocycles. The lowest BCUT2D eigenvalue weighted by Gasteiger charge is -2.10. The molecule has 0 atom stereocenters. The van der Waals surface area contributed by atoms with Crippen LogP contribution >= 0.6 is 0 Å².